The molecule has 1 aromatic carbocycles. The number of tetrazole rings is 1. The second-order valence-corrected chi connectivity index (χ2v) is 5.83. The van der Waals surface area contributed by atoms with E-state index in [-0.39, 0.29) is 0 Å². The summed E-state index contributed by atoms with van der Waals surface area (Å²) in [6.45, 7) is 3.14. The highest BCUT2D eigenvalue weighted by Gasteiger charge is 2.26. The van der Waals surface area contributed by atoms with Crippen LogP contribution in [-0.4, -0.2) is 32.8 Å². The Labute approximate surface area is 125 Å². The number of aryl methyl sites for hydroxylation is 2. The van der Waals surface area contributed by atoms with Crippen molar-refractivity contribution in [2.75, 3.05) is 6.54 Å². The molecule has 1 aliphatic rings. The zero-order valence-electron chi connectivity index (χ0n) is 12.8. The minimum absolute atomic E-state index is 0.424. The first-order valence-electron chi connectivity index (χ1n) is 7.79. The van der Waals surface area contributed by atoms with Gasteiger partial charge in [-0.15, -0.1) is 10.2 Å². The zero-order valence-corrected chi connectivity index (χ0v) is 12.8. The molecule has 0 radical (unpaired) electrons. The van der Waals surface area contributed by atoms with Gasteiger partial charge < -0.3 is 5.32 Å². The van der Waals surface area contributed by atoms with Crippen molar-refractivity contribution < 1.29 is 0 Å². The average Bonchev–Trinajstić information content (AvgIpc) is 2.91. The van der Waals surface area contributed by atoms with Crippen LogP contribution in [0.1, 0.15) is 30.3 Å². The van der Waals surface area contributed by atoms with Crippen LogP contribution in [0.25, 0.3) is 0 Å². The topological polar surface area (TPSA) is 55.6 Å². The van der Waals surface area contributed by atoms with Crippen molar-refractivity contribution in [3.05, 3.63) is 41.2 Å². The summed E-state index contributed by atoms with van der Waals surface area (Å²) in [5.41, 5.74) is 3.02. The van der Waals surface area contributed by atoms with Crippen molar-refractivity contribution in [2.45, 2.75) is 38.6 Å². The van der Waals surface area contributed by atoms with Crippen molar-refractivity contribution in [3.63, 3.8) is 0 Å². The first-order valence-corrected chi connectivity index (χ1v) is 7.79. The number of fused-ring (bicyclic) bond motifs is 1. The van der Waals surface area contributed by atoms with Gasteiger partial charge >= 0.3 is 0 Å². The van der Waals surface area contributed by atoms with Gasteiger partial charge in [-0.2, -0.15) is 4.80 Å². The van der Waals surface area contributed by atoms with Gasteiger partial charge in [0.25, 0.3) is 0 Å². The fourth-order valence-corrected chi connectivity index (χ4v) is 3.34. The lowest BCUT2D eigenvalue weighted by molar-refractivity contribution is 0.318. The molecule has 3 rings (SSSR count). The Balaban J connectivity index is 1.72. The van der Waals surface area contributed by atoms with Crippen LogP contribution in [0.3, 0.4) is 0 Å². The summed E-state index contributed by atoms with van der Waals surface area (Å²) >= 11 is 0. The minimum atomic E-state index is 0.424. The molecule has 2 aromatic rings. The molecule has 0 amide bonds. The van der Waals surface area contributed by atoms with E-state index in [2.05, 4.69) is 51.9 Å². The predicted molar refractivity (Wildman–Crippen MR) is 81.9 cm³/mol. The second kappa shape index (κ2) is 6.35. The van der Waals surface area contributed by atoms with E-state index in [0.717, 1.165) is 25.2 Å². The van der Waals surface area contributed by atoms with E-state index in [1.165, 1.54) is 28.8 Å². The van der Waals surface area contributed by atoms with E-state index in [1.807, 2.05) is 7.05 Å². The van der Waals surface area contributed by atoms with Crippen LogP contribution >= 0.6 is 0 Å². The lowest BCUT2D eigenvalue weighted by Crippen LogP contribution is -2.40. The quantitative estimate of drug-likeness (QED) is 0.905. The lowest BCUT2D eigenvalue weighted by atomic mass is 9.79. The molecule has 0 aliphatic heterocycles. The molecular weight excluding hydrogens is 262 g/mol. The molecule has 5 nitrogen and oxygen atoms in total. The van der Waals surface area contributed by atoms with E-state index in [9.17, 15) is 0 Å². The second-order valence-electron chi connectivity index (χ2n) is 5.83. The van der Waals surface area contributed by atoms with E-state index in [4.69, 9.17) is 0 Å². The van der Waals surface area contributed by atoms with Gasteiger partial charge in [-0.25, -0.2) is 0 Å². The normalized spacial score (nSPS) is 19.2. The Morgan fingerprint density at radius 1 is 1.33 bits per heavy atom. The average molecular weight is 285 g/mol. The Morgan fingerprint density at radius 3 is 2.86 bits per heavy atom. The molecule has 2 unspecified atom stereocenters. The molecule has 1 heterocycles. The molecule has 0 bridgehead atoms. The monoisotopic (exact) mass is 285 g/mol. The third-order valence-electron chi connectivity index (χ3n) is 4.37. The van der Waals surface area contributed by atoms with Crippen molar-refractivity contribution in [1.82, 2.24) is 25.5 Å². The summed E-state index contributed by atoms with van der Waals surface area (Å²) in [6.07, 6.45) is 4.41. The van der Waals surface area contributed by atoms with Gasteiger partial charge in [-0.1, -0.05) is 31.2 Å². The third kappa shape index (κ3) is 3.29. The van der Waals surface area contributed by atoms with Gasteiger partial charge in [0.15, 0.2) is 5.82 Å². The Hall–Kier alpha value is -1.75. The first-order chi connectivity index (χ1) is 10.3. The fraction of sp³-hybridized carbons (Fsp3) is 0.562. The van der Waals surface area contributed by atoms with Crippen LogP contribution in [0.4, 0.5) is 0 Å². The van der Waals surface area contributed by atoms with Gasteiger partial charge in [0, 0.05) is 12.5 Å². The SMILES string of the molecule is CCNC(Cc1nnn(C)n1)C1CCc2ccccc2C1. The maximum absolute atomic E-state index is 4.33. The number of benzene rings is 1. The van der Waals surface area contributed by atoms with Crippen LogP contribution in [0.15, 0.2) is 24.3 Å². The van der Waals surface area contributed by atoms with Gasteiger partial charge in [-0.3, -0.25) is 0 Å². The molecule has 0 fully saturated rings. The molecule has 0 saturated carbocycles. The summed E-state index contributed by atoms with van der Waals surface area (Å²) in [5.74, 6) is 1.48. The third-order valence-corrected chi connectivity index (χ3v) is 4.37. The molecule has 1 aromatic heterocycles. The molecular formula is C16H23N5. The summed E-state index contributed by atoms with van der Waals surface area (Å²) < 4.78 is 0. The minimum Gasteiger partial charge on any atom is -0.314 e. The largest absolute Gasteiger partial charge is 0.314 e. The number of nitrogens with zero attached hydrogens (tertiary/aromatic N) is 4. The number of nitrogens with one attached hydrogen (secondary N) is 1. The first kappa shape index (κ1) is 14.2. The van der Waals surface area contributed by atoms with Crippen LogP contribution in [-0.2, 0) is 26.3 Å². The molecule has 2 atom stereocenters. The van der Waals surface area contributed by atoms with Gasteiger partial charge in [0.2, 0.25) is 0 Å². The molecule has 21 heavy (non-hydrogen) atoms. The van der Waals surface area contributed by atoms with Crippen molar-refractivity contribution in [2.24, 2.45) is 13.0 Å². The van der Waals surface area contributed by atoms with Crippen LogP contribution in [0.5, 0.6) is 0 Å². The summed E-state index contributed by atoms with van der Waals surface area (Å²) in [6, 6.07) is 9.24. The molecule has 112 valence electrons. The van der Waals surface area contributed by atoms with Crippen molar-refractivity contribution in [1.29, 1.82) is 0 Å². The Morgan fingerprint density at radius 2 is 2.14 bits per heavy atom. The lowest BCUT2D eigenvalue weighted by Gasteiger charge is -2.31. The van der Waals surface area contributed by atoms with Gasteiger partial charge in [-0.05, 0) is 48.1 Å². The number of likely N-dealkylation sites (N-methyl/N-ethyl adjacent to an activating group) is 1. The highest BCUT2D eigenvalue weighted by molar-refractivity contribution is 5.30. The van der Waals surface area contributed by atoms with Gasteiger partial charge in [0.05, 0.1) is 7.05 Å². The van der Waals surface area contributed by atoms with E-state index < -0.39 is 0 Å². The highest BCUT2D eigenvalue weighted by Crippen LogP contribution is 2.28. The maximum atomic E-state index is 4.33. The number of hydrogen-bond acceptors (Lipinski definition) is 4. The van der Waals surface area contributed by atoms with Crippen molar-refractivity contribution in [3.8, 4) is 0 Å². The predicted octanol–water partition coefficient (Wildman–Crippen LogP) is 1.54. The molecule has 1 N–H and O–H groups in total. The number of aromatic nitrogens is 4. The van der Waals surface area contributed by atoms with Crippen LogP contribution in [0.2, 0.25) is 0 Å². The molecule has 0 spiro atoms. The Kier molecular flexibility index (Phi) is 4.29. The van der Waals surface area contributed by atoms with Crippen LogP contribution < -0.4 is 5.32 Å². The van der Waals surface area contributed by atoms with E-state index in [1.54, 1.807) is 0 Å². The Bertz CT molecular complexity index is 592. The van der Waals surface area contributed by atoms with Gasteiger partial charge in [0.1, 0.15) is 0 Å². The van der Waals surface area contributed by atoms with E-state index >= 15 is 0 Å². The molecule has 5 heteroatoms. The number of hydrogen-bond donors (Lipinski definition) is 1. The summed E-state index contributed by atoms with van der Waals surface area (Å²) in [7, 11) is 1.82. The standard InChI is InChI=1S/C16H23N5/c1-3-17-15(11-16-18-20-21(2)19-16)14-9-8-12-6-4-5-7-13(12)10-14/h4-7,14-15,17H,3,8-11H2,1-2H3. The number of rotatable bonds is 5. The molecule has 0 saturated heterocycles. The van der Waals surface area contributed by atoms with Crippen molar-refractivity contribution >= 4 is 0 Å². The summed E-state index contributed by atoms with van der Waals surface area (Å²) in [5, 5.41) is 16.0. The smallest absolute Gasteiger partial charge is 0.176 e. The zero-order chi connectivity index (χ0) is 14.7. The fourth-order valence-electron chi connectivity index (χ4n) is 3.34. The summed E-state index contributed by atoms with van der Waals surface area (Å²) in [4.78, 5) is 1.54. The molecule has 1 aliphatic carbocycles. The highest BCUT2D eigenvalue weighted by atomic mass is 15.6. The van der Waals surface area contributed by atoms with Crippen LogP contribution in [0, 0.1) is 5.92 Å². The van der Waals surface area contributed by atoms with E-state index in [0.29, 0.717) is 12.0 Å². The maximum Gasteiger partial charge on any atom is 0.176 e.